The molecule has 4 aromatic rings. The van der Waals surface area contributed by atoms with Gasteiger partial charge in [-0.3, -0.25) is 14.5 Å². The second-order valence-corrected chi connectivity index (χ2v) is 11.8. The number of aryl methyl sites for hydroxylation is 1. The fourth-order valence-electron chi connectivity index (χ4n) is 6.15. The van der Waals surface area contributed by atoms with Gasteiger partial charge in [0.05, 0.1) is 24.0 Å². The third kappa shape index (κ3) is 5.95. The van der Waals surface area contributed by atoms with Crippen molar-refractivity contribution in [3.8, 4) is 11.5 Å². The minimum absolute atomic E-state index is 0.0226. The van der Waals surface area contributed by atoms with E-state index in [2.05, 4.69) is 36.5 Å². The molecule has 7 heteroatoms. The second-order valence-electron chi connectivity index (χ2n) is 11.3. The highest BCUT2D eigenvalue weighted by atomic mass is 35.5. The molecule has 0 radical (unpaired) electrons. The van der Waals surface area contributed by atoms with Gasteiger partial charge in [0.15, 0.2) is 17.3 Å². The number of para-hydroxylation sites is 2. The summed E-state index contributed by atoms with van der Waals surface area (Å²) >= 11 is 6.05. The van der Waals surface area contributed by atoms with E-state index in [4.69, 9.17) is 21.1 Å². The number of Topliss-reactive ketones (excluding diaryl/α,β-unsaturated/α-hetero) is 1. The fraction of sp³-hybridized carbons (Fsp3) is 0.243. The van der Waals surface area contributed by atoms with E-state index in [1.807, 2.05) is 73.7 Å². The number of rotatable bonds is 7. The van der Waals surface area contributed by atoms with Crippen LogP contribution in [-0.2, 0) is 16.2 Å². The maximum absolute atomic E-state index is 14.2. The molecule has 0 spiro atoms. The highest BCUT2D eigenvalue weighted by molar-refractivity contribution is 6.30. The lowest BCUT2D eigenvalue weighted by atomic mass is 9.78. The molecule has 0 bridgehead atoms. The Morgan fingerprint density at radius 3 is 2.36 bits per heavy atom. The maximum atomic E-state index is 14.2. The molecular weight excluding hydrogens is 572 g/mol. The van der Waals surface area contributed by atoms with Crippen LogP contribution in [0.5, 0.6) is 11.5 Å². The van der Waals surface area contributed by atoms with Crippen LogP contribution >= 0.6 is 11.6 Å². The third-order valence-corrected chi connectivity index (χ3v) is 8.52. The average Bonchev–Trinajstić information content (AvgIpc) is 3.16. The normalized spacial score (nSPS) is 17.7. The summed E-state index contributed by atoms with van der Waals surface area (Å²) < 4.78 is 12.2. The summed E-state index contributed by atoms with van der Waals surface area (Å²) in [7, 11) is 0. The molecule has 0 fully saturated rings. The molecule has 1 amide bonds. The summed E-state index contributed by atoms with van der Waals surface area (Å²) in [6.45, 7) is 6.29. The fourth-order valence-corrected chi connectivity index (χ4v) is 6.28. The smallest absolute Gasteiger partial charge is 0.224 e. The number of ketones is 1. The van der Waals surface area contributed by atoms with Crippen molar-refractivity contribution in [1.29, 1.82) is 0 Å². The zero-order valence-corrected chi connectivity index (χ0v) is 25.9. The van der Waals surface area contributed by atoms with Crippen LogP contribution in [0.2, 0.25) is 5.02 Å². The van der Waals surface area contributed by atoms with Gasteiger partial charge in [-0.05, 0) is 79.3 Å². The Morgan fingerprint density at radius 2 is 1.64 bits per heavy atom. The van der Waals surface area contributed by atoms with Crippen molar-refractivity contribution in [1.82, 2.24) is 0 Å². The number of fused-ring (bicyclic) bond motifs is 1. The van der Waals surface area contributed by atoms with E-state index < -0.39 is 6.04 Å². The molecule has 2 aliphatic rings. The molecule has 0 saturated heterocycles. The summed E-state index contributed by atoms with van der Waals surface area (Å²) in [5, 5.41) is 4.25. The predicted octanol–water partition coefficient (Wildman–Crippen LogP) is 8.55. The van der Waals surface area contributed by atoms with Gasteiger partial charge in [0.2, 0.25) is 5.91 Å². The minimum atomic E-state index is -0.644. The molecule has 6 rings (SSSR count). The first-order valence-corrected chi connectivity index (χ1v) is 15.3. The molecule has 0 saturated carbocycles. The number of allylic oxidation sites excluding steroid dienone is 1. The Labute approximate surface area is 263 Å². The SMILES string of the molecule is CCOc1cc([C@H]2C3=C(C[C@@H](c4ccc(C)cc4)CC3=O)Nc3ccccc3N2C(C)=O)ccc1OCc1ccc(Cl)cc1. The van der Waals surface area contributed by atoms with Gasteiger partial charge in [0.1, 0.15) is 6.61 Å². The Balaban J connectivity index is 1.44. The van der Waals surface area contributed by atoms with E-state index >= 15 is 0 Å². The van der Waals surface area contributed by atoms with Crippen LogP contribution in [-0.4, -0.2) is 18.3 Å². The van der Waals surface area contributed by atoms with Gasteiger partial charge >= 0.3 is 0 Å². The van der Waals surface area contributed by atoms with E-state index in [0.29, 0.717) is 48.2 Å². The molecule has 2 atom stereocenters. The number of hydrogen-bond acceptors (Lipinski definition) is 5. The Hall–Kier alpha value is -4.55. The monoisotopic (exact) mass is 606 g/mol. The van der Waals surface area contributed by atoms with Crippen LogP contribution in [0, 0.1) is 6.92 Å². The highest BCUT2D eigenvalue weighted by Gasteiger charge is 2.41. The second kappa shape index (κ2) is 12.6. The molecule has 0 aromatic heterocycles. The molecule has 224 valence electrons. The van der Waals surface area contributed by atoms with Gasteiger partial charge in [-0.15, -0.1) is 0 Å². The number of ether oxygens (including phenoxy) is 2. The molecule has 4 aromatic carbocycles. The number of carbonyl (C=O) groups is 2. The van der Waals surface area contributed by atoms with Crippen LogP contribution in [0.4, 0.5) is 11.4 Å². The van der Waals surface area contributed by atoms with Crippen molar-refractivity contribution in [3.63, 3.8) is 0 Å². The van der Waals surface area contributed by atoms with Gasteiger partial charge < -0.3 is 14.8 Å². The van der Waals surface area contributed by atoms with E-state index in [-0.39, 0.29) is 17.6 Å². The summed E-state index contributed by atoms with van der Waals surface area (Å²) in [6.07, 6.45) is 1.02. The number of anilines is 2. The Morgan fingerprint density at radius 1 is 0.909 bits per heavy atom. The number of hydrogen-bond donors (Lipinski definition) is 1. The number of benzene rings is 4. The number of halogens is 1. The first kappa shape index (κ1) is 29.5. The van der Waals surface area contributed by atoms with E-state index in [9.17, 15) is 9.59 Å². The van der Waals surface area contributed by atoms with Crippen LogP contribution < -0.4 is 19.7 Å². The molecule has 1 heterocycles. The van der Waals surface area contributed by atoms with Crippen molar-refractivity contribution in [2.45, 2.75) is 52.2 Å². The molecule has 6 nitrogen and oxygen atoms in total. The molecule has 1 aliphatic heterocycles. The number of nitrogens with zero attached hydrogens (tertiary/aromatic N) is 1. The molecule has 44 heavy (non-hydrogen) atoms. The van der Waals surface area contributed by atoms with Crippen LogP contribution in [0.15, 0.2) is 102 Å². The molecule has 1 aliphatic carbocycles. The zero-order chi connectivity index (χ0) is 30.8. The summed E-state index contributed by atoms with van der Waals surface area (Å²) in [5.41, 5.74) is 7.03. The number of nitrogens with one attached hydrogen (secondary N) is 1. The quantitative estimate of drug-likeness (QED) is 0.228. The maximum Gasteiger partial charge on any atom is 0.224 e. The first-order valence-electron chi connectivity index (χ1n) is 14.9. The van der Waals surface area contributed by atoms with E-state index in [1.54, 1.807) is 11.8 Å². The van der Waals surface area contributed by atoms with Crippen molar-refractivity contribution >= 4 is 34.7 Å². The molecule has 1 N–H and O–H groups in total. The summed E-state index contributed by atoms with van der Waals surface area (Å²) in [6, 6.07) is 28.7. The number of carbonyl (C=O) groups excluding carboxylic acids is 2. The summed E-state index contributed by atoms with van der Waals surface area (Å²) in [5.74, 6) is 1.03. The van der Waals surface area contributed by atoms with E-state index in [0.717, 1.165) is 33.8 Å². The average molecular weight is 607 g/mol. The van der Waals surface area contributed by atoms with Crippen LogP contribution in [0.3, 0.4) is 0 Å². The van der Waals surface area contributed by atoms with Gasteiger partial charge in [-0.2, -0.15) is 0 Å². The minimum Gasteiger partial charge on any atom is -0.490 e. The molecule has 0 unspecified atom stereocenters. The lowest BCUT2D eigenvalue weighted by molar-refractivity contribution is -0.117. The van der Waals surface area contributed by atoms with Crippen molar-refractivity contribution in [2.24, 2.45) is 0 Å². The molecular formula is C37H35ClN2O4. The van der Waals surface area contributed by atoms with Crippen LogP contribution in [0.1, 0.15) is 60.9 Å². The van der Waals surface area contributed by atoms with Gasteiger partial charge in [0, 0.05) is 29.6 Å². The third-order valence-electron chi connectivity index (χ3n) is 8.27. The van der Waals surface area contributed by atoms with E-state index in [1.165, 1.54) is 5.56 Å². The van der Waals surface area contributed by atoms with Gasteiger partial charge in [0.25, 0.3) is 0 Å². The zero-order valence-electron chi connectivity index (χ0n) is 25.1. The van der Waals surface area contributed by atoms with Crippen molar-refractivity contribution in [3.05, 3.63) is 130 Å². The van der Waals surface area contributed by atoms with Gasteiger partial charge in [-0.1, -0.05) is 71.8 Å². The van der Waals surface area contributed by atoms with Gasteiger partial charge in [-0.25, -0.2) is 0 Å². The predicted molar refractivity (Wildman–Crippen MR) is 175 cm³/mol. The number of amides is 1. The largest absolute Gasteiger partial charge is 0.490 e. The van der Waals surface area contributed by atoms with Crippen molar-refractivity contribution in [2.75, 3.05) is 16.8 Å². The first-order chi connectivity index (χ1) is 21.3. The Bertz CT molecular complexity index is 1730. The lowest BCUT2D eigenvalue weighted by Crippen LogP contribution is -2.37. The topological polar surface area (TPSA) is 67.9 Å². The Kier molecular flexibility index (Phi) is 8.45. The summed E-state index contributed by atoms with van der Waals surface area (Å²) in [4.78, 5) is 29.4. The van der Waals surface area contributed by atoms with Crippen LogP contribution in [0.25, 0.3) is 0 Å². The van der Waals surface area contributed by atoms with Crippen molar-refractivity contribution < 1.29 is 19.1 Å². The standard InChI is InChI=1S/C37H35ClN2O4/c1-4-43-35-21-27(15-18-34(35)44-22-25-11-16-29(38)17-12-25)37-36-31(39-30-7-5-6-8-32(30)40(37)24(3)41)19-28(20-33(36)42)26-13-9-23(2)10-14-26/h5-18,21,28,37,39H,4,19-20,22H2,1-3H3/t28-,37+/m1/s1. The highest BCUT2D eigenvalue weighted by Crippen LogP contribution is 2.48. The lowest BCUT2D eigenvalue weighted by Gasteiger charge is -2.35.